The van der Waals surface area contributed by atoms with Crippen molar-refractivity contribution < 1.29 is 15.0 Å². The molecule has 0 aromatic carbocycles. The van der Waals surface area contributed by atoms with Gasteiger partial charge in [-0.3, -0.25) is 4.79 Å². The van der Waals surface area contributed by atoms with E-state index in [4.69, 9.17) is 10.2 Å². The highest BCUT2D eigenvalue weighted by molar-refractivity contribution is 5.76. The van der Waals surface area contributed by atoms with Crippen molar-refractivity contribution in [3.63, 3.8) is 0 Å². The number of aliphatic hydroxyl groups is 2. The molecular weight excluding hydrogens is 158 g/mol. The van der Waals surface area contributed by atoms with Crippen LogP contribution in [0.2, 0.25) is 0 Å². The molecule has 0 aromatic heterocycles. The maximum absolute atomic E-state index is 11.2. The van der Waals surface area contributed by atoms with E-state index >= 15 is 0 Å². The van der Waals surface area contributed by atoms with Crippen LogP contribution in [0.25, 0.3) is 0 Å². The molecule has 1 amide bonds. The normalized spacial score (nSPS) is 19.7. The van der Waals surface area contributed by atoms with Gasteiger partial charge in [-0.25, -0.2) is 0 Å². The molecule has 4 heteroatoms. The summed E-state index contributed by atoms with van der Waals surface area (Å²) in [6.45, 7) is 1.16. The summed E-state index contributed by atoms with van der Waals surface area (Å²) in [5, 5.41) is 17.7. The van der Waals surface area contributed by atoms with Crippen molar-refractivity contribution >= 4 is 5.91 Å². The van der Waals surface area contributed by atoms with E-state index in [1.54, 1.807) is 4.90 Å². The molecule has 1 heterocycles. The van der Waals surface area contributed by atoms with Gasteiger partial charge < -0.3 is 15.1 Å². The quantitative estimate of drug-likeness (QED) is 0.583. The number of hydrogen-bond acceptors (Lipinski definition) is 3. The highest BCUT2D eigenvalue weighted by Gasteiger charge is 2.20. The Balaban J connectivity index is 2.29. The number of carbonyl (C=O) groups excluding carboxylic acids is 1. The minimum absolute atomic E-state index is 0.00981. The molecule has 0 spiro atoms. The van der Waals surface area contributed by atoms with Crippen LogP contribution < -0.4 is 0 Å². The number of rotatable bonds is 2. The molecule has 0 radical (unpaired) electrons. The third-order valence-corrected chi connectivity index (χ3v) is 2.14. The first-order valence-corrected chi connectivity index (χ1v) is 4.30. The molecule has 2 N–H and O–H groups in total. The molecule has 1 rings (SSSR count). The van der Waals surface area contributed by atoms with Crippen LogP contribution in [0.5, 0.6) is 0 Å². The van der Waals surface area contributed by atoms with E-state index in [-0.39, 0.29) is 25.0 Å². The molecule has 1 aliphatic heterocycles. The standard InChI is InChI=1S/C8H15NO3/c10-6-3-8(12)9-4-1-7(11)2-5-9/h7,10-11H,1-6H2. The van der Waals surface area contributed by atoms with Gasteiger partial charge in [0, 0.05) is 19.5 Å². The van der Waals surface area contributed by atoms with Gasteiger partial charge in [0.15, 0.2) is 0 Å². The Kier molecular flexibility index (Phi) is 3.49. The Morgan fingerprint density at radius 1 is 1.42 bits per heavy atom. The zero-order valence-corrected chi connectivity index (χ0v) is 7.07. The van der Waals surface area contributed by atoms with Gasteiger partial charge in [-0.15, -0.1) is 0 Å². The second kappa shape index (κ2) is 4.42. The van der Waals surface area contributed by atoms with Crippen LogP contribution in [0.4, 0.5) is 0 Å². The largest absolute Gasteiger partial charge is 0.396 e. The summed E-state index contributed by atoms with van der Waals surface area (Å²) in [4.78, 5) is 12.9. The molecule has 1 fully saturated rings. The molecule has 0 saturated carbocycles. The van der Waals surface area contributed by atoms with Crippen molar-refractivity contribution in [2.75, 3.05) is 19.7 Å². The van der Waals surface area contributed by atoms with Gasteiger partial charge in [0.05, 0.1) is 12.7 Å². The van der Waals surface area contributed by atoms with E-state index in [1.807, 2.05) is 0 Å². The lowest BCUT2D eigenvalue weighted by atomic mass is 10.1. The van der Waals surface area contributed by atoms with Crippen LogP contribution in [0, 0.1) is 0 Å². The summed E-state index contributed by atoms with van der Waals surface area (Å²) in [5.41, 5.74) is 0. The van der Waals surface area contributed by atoms with Crippen LogP contribution in [0.15, 0.2) is 0 Å². The predicted molar refractivity (Wildman–Crippen MR) is 43.5 cm³/mol. The molecule has 0 aliphatic carbocycles. The first-order chi connectivity index (χ1) is 5.74. The minimum atomic E-state index is -0.247. The number of likely N-dealkylation sites (tertiary alicyclic amines) is 1. The second-order valence-corrected chi connectivity index (χ2v) is 3.09. The number of aliphatic hydroxyl groups excluding tert-OH is 2. The number of hydrogen-bond donors (Lipinski definition) is 2. The molecule has 0 atom stereocenters. The third-order valence-electron chi connectivity index (χ3n) is 2.14. The number of piperidine rings is 1. The Labute approximate surface area is 71.8 Å². The number of amides is 1. The van der Waals surface area contributed by atoms with Gasteiger partial charge in [0.25, 0.3) is 0 Å². The average molecular weight is 173 g/mol. The van der Waals surface area contributed by atoms with E-state index in [0.29, 0.717) is 25.9 Å². The monoisotopic (exact) mass is 173 g/mol. The van der Waals surface area contributed by atoms with Crippen molar-refractivity contribution in [2.45, 2.75) is 25.4 Å². The van der Waals surface area contributed by atoms with Crippen LogP contribution in [-0.2, 0) is 4.79 Å². The van der Waals surface area contributed by atoms with Crippen molar-refractivity contribution in [3.8, 4) is 0 Å². The lowest BCUT2D eigenvalue weighted by Gasteiger charge is -2.29. The summed E-state index contributed by atoms with van der Waals surface area (Å²) >= 11 is 0. The lowest BCUT2D eigenvalue weighted by molar-refractivity contribution is -0.133. The first-order valence-electron chi connectivity index (χ1n) is 4.30. The minimum Gasteiger partial charge on any atom is -0.396 e. The Morgan fingerprint density at radius 2 is 2.00 bits per heavy atom. The maximum Gasteiger partial charge on any atom is 0.224 e. The summed E-state index contributed by atoms with van der Waals surface area (Å²) in [7, 11) is 0. The van der Waals surface area contributed by atoms with Crippen molar-refractivity contribution in [3.05, 3.63) is 0 Å². The fraction of sp³-hybridized carbons (Fsp3) is 0.875. The van der Waals surface area contributed by atoms with Crippen molar-refractivity contribution in [1.82, 2.24) is 4.90 Å². The lowest BCUT2D eigenvalue weighted by Crippen LogP contribution is -2.40. The van der Waals surface area contributed by atoms with Crippen LogP contribution in [0.1, 0.15) is 19.3 Å². The highest BCUT2D eigenvalue weighted by Crippen LogP contribution is 2.10. The summed E-state index contributed by atoms with van der Waals surface area (Å²) in [6, 6.07) is 0. The Bertz CT molecular complexity index is 152. The highest BCUT2D eigenvalue weighted by atomic mass is 16.3. The van der Waals surface area contributed by atoms with E-state index in [2.05, 4.69) is 0 Å². The zero-order chi connectivity index (χ0) is 8.97. The number of nitrogens with zero attached hydrogens (tertiary/aromatic N) is 1. The van der Waals surface area contributed by atoms with Crippen LogP contribution in [0.3, 0.4) is 0 Å². The molecule has 1 aliphatic rings. The number of carbonyl (C=O) groups is 1. The average Bonchev–Trinajstić information content (AvgIpc) is 2.06. The molecular formula is C8H15NO3. The summed E-state index contributed by atoms with van der Waals surface area (Å²) in [5.74, 6) is -0.00981. The van der Waals surface area contributed by atoms with Gasteiger partial charge in [-0.1, -0.05) is 0 Å². The Morgan fingerprint density at radius 3 is 2.50 bits per heavy atom. The first kappa shape index (κ1) is 9.48. The van der Waals surface area contributed by atoms with E-state index in [1.165, 1.54) is 0 Å². The fourth-order valence-corrected chi connectivity index (χ4v) is 1.37. The molecule has 4 nitrogen and oxygen atoms in total. The Hall–Kier alpha value is -0.610. The van der Waals surface area contributed by atoms with Gasteiger partial charge in [0.1, 0.15) is 0 Å². The van der Waals surface area contributed by atoms with Gasteiger partial charge in [-0.05, 0) is 12.8 Å². The van der Waals surface area contributed by atoms with Crippen LogP contribution >= 0.6 is 0 Å². The van der Waals surface area contributed by atoms with Gasteiger partial charge in [0.2, 0.25) is 5.91 Å². The zero-order valence-electron chi connectivity index (χ0n) is 7.07. The van der Waals surface area contributed by atoms with Gasteiger partial charge in [-0.2, -0.15) is 0 Å². The molecule has 0 aromatic rings. The van der Waals surface area contributed by atoms with Crippen LogP contribution in [-0.4, -0.2) is 46.8 Å². The molecule has 12 heavy (non-hydrogen) atoms. The van der Waals surface area contributed by atoms with E-state index in [0.717, 1.165) is 0 Å². The molecule has 1 saturated heterocycles. The molecule has 0 unspecified atom stereocenters. The molecule has 0 bridgehead atoms. The van der Waals surface area contributed by atoms with Crippen molar-refractivity contribution in [2.24, 2.45) is 0 Å². The van der Waals surface area contributed by atoms with E-state index in [9.17, 15) is 4.79 Å². The van der Waals surface area contributed by atoms with Gasteiger partial charge >= 0.3 is 0 Å². The van der Waals surface area contributed by atoms with Crippen molar-refractivity contribution in [1.29, 1.82) is 0 Å². The SMILES string of the molecule is O=C(CCO)N1CCC(O)CC1. The molecule has 70 valence electrons. The second-order valence-electron chi connectivity index (χ2n) is 3.09. The fourth-order valence-electron chi connectivity index (χ4n) is 1.37. The topological polar surface area (TPSA) is 60.8 Å². The maximum atomic E-state index is 11.2. The summed E-state index contributed by atoms with van der Waals surface area (Å²) < 4.78 is 0. The third kappa shape index (κ3) is 2.46. The smallest absolute Gasteiger partial charge is 0.224 e. The van der Waals surface area contributed by atoms with E-state index < -0.39 is 0 Å². The predicted octanol–water partition coefficient (Wildman–Crippen LogP) is -0.648. The summed E-state index contributed by atoms with van der Waals surface area (Å²) in [6.07, 6.45) is 1.29.